The number of carboxylic acid groups (broad SMARTS) is 1. The van der Waals surface area contributed by atoms with E-state index >= 15 is 0 Å². The van der Waals surface area contributed by atoms with Gasteiger partial charge in [-0.15, -0.1) is 0 Å². The minimum absolute atomic E-state index is 0.164. The van der Waals surface area contributed by atoms with Crippen molar-refractivity contribution in [1.29, 1.82) is 0 Å². The summed E-state index contributed by atoms with van der Waals surface area (Å²) in [4.78, 5) is 23.9. The maximum absolute atomic E-state index is 12.7. The molecule has 7 unspecified atom stereocenters. The minimum atomic E-state index is -0.667. The van der Waals surface area contributed by atoms with Gasteiger partial charge in [0.25, 0.3) is 0 Å². The second-order valence-corrected chi connectivity index (χ2v) is 12.5. The molecule has 7 atom stereocenters. The molecule has 30 heavy (non-hydrogen) atoms. The van der Waals surface area contributed by atoms with Crippen LogP contribution in [0.15, 0.2) is 11.6 Å². The fourth-order valence-corrected chi connectivity index (χ4v) is 9.04. The Bertz CT molecular complexity index is 779. The lowest BCUT2D eigenvalue weighted by atomic mass is 9.41. The predicted molar refractivity (Wildman–Crippen MR) is 120 cm³/mol. The third-order valence-electron chi connectivity index (χ3n) is 11.1. The number of carbonyl (C=O) groups excluding carboxylic acids is 1. The Morgan fingerprint density at radius 2 is 1.80 bits per heavy atom. The van der Waals surface area contributed by atoms with Gasteiger partial charge in [0.15, 0.2) is 0 Å². The molecule has 4 aliphatic carbocycles. The summed E-state index contributed by atoms with van der Waals surface area (Å²) in [6.45, 7) is 14.2. The van der Waals surface area contributed by atoms with Crippen molar-refractivity contribution >= 4 is 11.8 Å². The first kappa shape index (κ1) is 22.1. The summed E-state index contributed by atoms with van der Waals surface area (Å²) in [5, 5.41) is 9.17. The van der Waals surface area contributed by atoms with Crippen LogP contribution in [-0.2, 0) is 9.59 Å². The number of fused-ring (bicyclic) bond motifs is 5. The lowest BCUT2D eigenvalue weighted by molar-refractivity contribution is -0.142. The highest BCUT2D eigenvalue weighted by molar-refractivity contribution is 5.85. The van der Waals surface area contributed by atoms with Crippen molar-refractivity contribution in [2.75, 3.05) is 0 Å². The van der Waals surface area contributed by atoms with E-state index in [1.165, 1.54) is 25.7 Å². The molecule has 0 saturated heterocycles. The predicted octanol–water partition coefficient (Wildman–Crippen LogP) is 6.66. The van der Waals surface area contributed by atoms with E-state index in [0.29, 0.717) is 34.9 Å². The van der Waals surface area contributed by atoms with Crippen LogP contribution in [0.5, 0.6) is 0 Å². The van der Waals surface area contributed by atoms with E-state index in [0.717, 1.165) is 25.7 Å². The molecule has 0 spiro atoms. The van der Waals surface area contributed by atoms with Crippen LogP contribution >= 0.6 is 0 Å². The van der Waals surface area contributed by atoms with Gasteiger partial charge in [0, 0.05) is 18.3 Å². The van der Waals surface area contributed by atoms with Crippen LogP contribution in [0.25, 0.3) is 0 Å². The van der Waals surface area contributed by atoms with Crippen molar-refractivity contribution in [2.45, 2.75) is 99.3 Å². The highest BCUT2D eigenvalue weighted by Crippen LogP contribution is 2.72. The Morgan fingerprint density at radius 3 is 2.47 bits per heavy atom. The van der Waals surface area contributed by atoms with Crippen LogP contribution in [0.1, 0.15) is 99.3 Å². The molecule has 4 rings (SSSR count). The Balaban J connectivity index is 1.67. The van der Waals surface area contributed by atoms with Crippen LogP contribution in [0.4, 0.5) is 0 Å². The first-order valence-electron chi connectivity index (χ1n) is 12.3. The molecule has 0 radical (unpaired) electrons. The van der Waals surface area contributed by atoms with E-state index in [9.17, 15) is 14.7 Å². The number of carboxylic acids is 1. The van der Waals surface area contributed by atoms with Crippen LogP contribution in [0.3, 0.4) is 0 Å². The van der Waals surface area contributed by atoms with Gasteiger partial charge in [-0.25, -0.2) is 0 Å². The van der Waals surface area contributed by atoms with E-state index in [4.69, 9.17) is 0 Å². The van der Waals surface area contributed by atoms with Crippen molar-refractivity contribution in [1.82, 2.24) is 0 Å². The molecule has 168 valence electrons. The fraction of sp³-hybridized carbons (Fsp3) is 0.852. The molecule has 0 aromatic heterocycles. The lowest BCUT2D eigenvalue weighted by Gasteiger charge is -2.63. The number of hydrogen-bond acceptors (Lipinski definition) is 2. The van der Waals surface area contributed by atoms with Crippen molar-refractivity contribution in [2.24, 2.45) is 45.3 Å². The Labute approximate surface area is 183 Å². The van der Waals surface area contributed by atoms with Crippen molar-refractivity contribution < 1.29 is 14.7 Å². The number of carbonyl (C=O) groups is 2. The zero-order valence-corrected chi connectivity index (χ0v) is 20.0. The molecule has 3 fully saturated rings. The number of ketones is 1. The molecule has 3 nitrogen and oxygen atoms in total. The van der Waals surface area contributed by atoms with Gasteiger partial charge in [0.05, 0.1) is 0 Å². The van der Waals surface area contributed by atoms with Gasteiger partial charge in [-0.1, -0.05) is 53.2 Å². The highest BCUT2D eigenvalue weighted by atomic mass is 16.4. The summed E-state index contributed by atoms with van der Waals surface area (Å²) >= 11 is 0. The zero-order valence-electron chi connectivity index (χ0n) is 20.0. The third kappa shape index (κ3) is 2.82. The van der Waals surface area contributed by atoms with E-state index in [1.807, 2.05) is 0 Å². The molecular formula is C27H42O3. The second-order valence-electron chi connectivity index (χ2n) is 12.5. The summed E-state index contributed by atoms with van der Waals surface area (Å²) < 4.78 is 0. The molecule has 3 saturated carbocycles. The second kappa shape index (κ2) is 6.94. The van der Waals surface area contributed by atoms with Crippen molar-refractivity contribution in [3.05, 3.63) is 11.6 Å². The van der Waals surface area contributed by atoms with Gasteiger partial charge in [0.2, 0.25) is 0 Å². The molecule has 1 N–H and O–H groups in total. The molecule has 0 aromatic rings. The topological polar surface area (TPSA) is 54.4 Å². The standard InChI is InChI=1S/C27H42O3/c1-17(7-10-23(29)30)18-11-15-27(6)20-8-9-21-24(2,3)22(28)13-14-25(21,4)19(20)12-16-26(18,27)5/h12,17-18,20-21H,7-11,13-16H2,1-6H3,(H,29,30). The monoisotopic (exact) mass is 414 g/mol. The number of allylic oxidation sites excluding steroid dienone is 2. The van der Waals surface area contributed by atoms with Gasteiger partial charge in [0.1, 0.15) is 5.78 Å². The quantitative estimate of drug-likeness (QED) is 0.523. The van der Waals surface area contributed by atoms with E-state index in [2.05, 4.69) is 47.6 Å². The summed E-state index contributed by atoms with van der Waals surface area (Å²) in [5.41, 5.74) is 2.18. The minimum Gasteiger partial charge on any atom is -0.481 e. The van der Waals surface area contributed by atoms with Crippen molar-refractivity contribution in [3.8, 4) is 0 Å². The summed E-state index contributed by atoms with van der Waals surface area (Å²) in [7, 11) is 0. The Kier molecular flexibility index (Phi) is 5.11. The Hall–Kier alpha value is -1.12. The molecular weight excluding hydrogens is 372 g/mol. The van der Waals surface area contributed by atoms with Crippen LogP contribution in [0.2, 0.25) is 0 Å². The van der Waals surface area contributed by atoms with Crippen LogP contribution in [-0.4, -0.2) is 16.9 Å². The molecule has 0 amide bonds. The molecule has 0 heterocycles. The first-order chi connectivity index (χ1) is 13.9. The number of hydrogen-bond donors (Lipinski definition) is 1. The summed E-state index contributed by atoms with van der Waals surface area (Å²) in [6, 6.07) is 0. The number of Topliss-reactive ketones (excluding diaryl/α,β-unsaturated/α-hetero) is 1. The normalized spacial score (nSPS) is 45.7. The van der Waals surface area contributed by atoms with Crippen molar-refractivity contribution in [3.63, 3.8) is 0 Å². The fourth-order valence-electron chi connectivity index (χ4n) is 9.04. The van der Waals surface area contributed by atoms with Gasteiger partial charge in [-0.2, -0.15) is 0 Å². The molecule has 3 heteroatoms. The zero-order chi connectivity index (χ0) is 22.1. The Morgan fingerprint density at radius 1 is 1.10 bits per heavy atom. The number of aliphatic carboxylic acids is 1. The smallest absolute Gasteiger partial charge is 0.303 e. The first-order valence-corrected chi connectivity index (χ1v) is 12.3. The maximum atomic E-state index is 12.7. The average molecular weight is 415 g/mol. The SMILES string of the molecule is CC(CCC(=O)O)C1CCC2(C)C3CCC4C(C)(C)C(=O)CCC4(C)C3=CCC12C. The molecule has 0 aliphatic heterocycles. The van der Waals surface area contributed by atoms with E-state index in [1.54, 1.807) is 5.57 Å². The summed E-state index contributed by atoms with van der Waals surface area (Å²) in [5.74, 6) is 1.95. The van der Waals surface area contributed by atoms with Gasteiger partial charge < -0.3 is 5.11 Å². The van der Waals surface area contributed by atoms with Crippen LogP contribution < -0.4 is 0 Å². The molecule has 0 bridgehead atoms. The maximum Gasteiger partial charge on any atom is 0.303 e. The highest BCUT2D eigenvalue weighted by Gasteiger charge is 2.65. The van der Waals surface area contributed by atoms with Gasteiger partial charge >= 0.3 is 5.97 Å². The lowest BCUT2D eigenvalue weighted by Crippen LogP contribution is -2.56. The largest absolute Gasteiger partial charge is 0.481 e. The van der Waals surface area contributed by atoms with Crippen LogP contribution in [0, 0.1) is 45.3 Å². The molecule has 0 aromatic carbocycles. The van der Waals surface area contributed by atoms with Gasteiger partial charge in [-0.05, 0) is 84.9 Å². The number of rotatable bonds is 4. The van der Waals surface area contributed by atoms with E-state index in [-0.39, 0.29) is 22.7 Å². The molecule has 4 aliphatic rings. The summed E-state index contributed by atoms with van der Waals surface area (Å²) in [6.07, 6.45) is 11.4. The third-order valence-corrected chi connectivity index (χ3v) is 11.1. The van der Waals surface area contributed by atoms with E-state index < -0.39 is 5.97 Å². The van der Waals surface area contributed by atoms with Gasteiger partial charge in [-0.3, -0.25) is 9.59 Å². The average Bonchev–Trinajstić information content (AvgIpc) is 2.95.